The van der Waals surface area contributed by atoms with Crippen molar-refractivity contribution in [3.8, 4) is 16.9 Å². The zero-order chi connectivity index (χ0) is 17.2. The van der Waals surface area contributed by atoms with Gasteiger partial charge in [-0.2, -0.15) is 0 Å². The van der Waals surface area contributed by atoms with E-state index in [0.29, 0.717) is 5.56 Å². The number of carbonyl (C=O) groups is 1. The Bertz CT molecular complexity index is 635. The van der Waals surface area contributed by atoms with Crippen molar-refractivity contribution >= 4 is 16.8 Å². The van der Waals surface area contributed by atoms with Crippen molar-refractivity contribution in [1.29, 1.82) is 0 Å². The summed E-state index contributed by atoms with van der Waals surface area (Å²) >= 11 is 5.66. The largest absolute Gasteiger partial charge is 0.494 e. The molecule has 0 radical (unpaired) electrons. The third kappa shape index (κ3) is 5.68. The molecule has 0 saturated carbocycles. The highest BCUT2D eigenvalue weighted by molar-refractivity contribution is 6.68. The molecule has 0 atom stereocenters. The molecule has 0 fully saturated rings. The summed E-state index contributed by atoms with van der Waals surface area (Å²) in [5, 5.41) is -0.436. The zero-order valence-corrected chi connectivity index (χ0v) is 15.0. The number of halogens is 1. The summed E-state index contributed by atoms with van der Waals surface area (Å²) in [5.74, 6) is 0.863. The van der Waals surface area contributed by atoms with Crippen molar-refractivity contribution in [2.75, 3.05) is 6.61 Å². The molecule has 0 amide bonds. The lowest BCUT2D eigenvalue weighted by molar-refractivity contribution is 0.108. The van der Waals surface area contributed by atoms with Gasteiger partial charge in [-0.15, -0.1) is 0 Å². The minimum Gasteiger partial charge on any atom is -0.494 e. The fourth-order valence-corrected chi connectivity index (χ4v) is 2.87. The average Bonchev–Trinajstić information content (AvgIpc) is 2.61. The molecule has 0 saturated heterocycles. The van der Waals surface area contributed by atoms with Crippen molar-refractivity contribution < 1.29 is 9.53 Å². The van der Waals surface area contributed by atoms with Crippen LogP contribution in [-0.4, -0.2) is 11.8 Å². The maximum absolute atomic E-state index is 11.5. The highest BCUT2D eigenvalue weighted by Crippen LogP contribution is 2.26. The number of benzene rings is 2. The van der Waals surface area contributed by atoms with Gasteiger partial charge in [-0.25, -0.2) is 0 Å². The molecule has 0 aliphatic heterocycles. The summed E-state index contributed by atoms with van der Waals surface area (Å²) in [6.07, 6.45) is 7.54. The Hall–Kier alpha value is -1.80. The van der Waals surface area contributed by atoms with Gasteiger partial charge in [0.1, 0.15) is 5.75 Å². The van der Waals surface area contributed by atoms with Crippen molar-refractivity contribution in [2.45, 2.75) is 45.4 Å². The molecule has 24 heavy (non-hydrogen) atoms. The fraction of sp³-hybridized carbons (Fsp3) is 0.381. The molecule has 0 heterocycles. The van der Waals surface area contributed by atoms with Crippen LogP contribution in [0.5, 0.6) is 5.75 Å². The summed E-state index contributed by atoms with van der Waals surface area (Å²) in [5.41, 5.74) is 2.34. The van der Waals surface area contributed by atoms with Crippen LogP contribution in [0.3, 0.4) is 0 Å². The molecule has 0 aromatic heterocycles. The second-order valence-electron chi connectivity index (χ2n) is 5.96. The van der Waals surface area contributed by atoms with Gasteiger partial charge in [-0.05, 0) is 47.3 Å². The quantitative estimate of drug-likeness (QED) is 0.364. The molecule has 0 N–H and O–H groups in total. The Morgan fingerprint density at radius 2 is 1.58 bits per heavy atom. The van der Waals surface area contributed by atoms with Gasteiger partial charge in [0.05, 0.1) is 6.61 Å². The molecular weight excluding hydrogens is 320 g/mol. The maximum atomic E-state index is 11.5. The molecule has 2 aromatic carbocycles. The highest BCUT2D eigenvalue weighted by atomic mass is 35.5. The van der Waals surface area contributed by atoms with E-state index in [4.69, 9.17) is 16.3 Å². The van der Waals surface area contributed by atoms with Crippen molar-refractivity contribution in [2.24, 2.45) is 0 Å². The molecule has 0 spiro atoms. The molecular formula is C21H25ClO2. The molecule has 0 bridgehead atoms. The fourth-order valence-electron chi connectivity index (χ4n) is 2.71. The van der Waals surface area contributed by atoms with Gasteiger partial charge in [-0.1, -0.05) is 69.4 Å². The second-order valence-corrected chi connectivity index (χ2v) is 6.30. The maximum Gasteiger partial charge on any atom is 0.253 e. The second kappa shape index (κ2) is 10.1. The van der Waals surface area contributed by atoms with E-state index in [-0.39, 0.29) is 0 Å². The van der Waals surface area contributed by atoms with E-state index in [0.717, 1.165) is 29.9 Å². The third-order valence-electron chi connectivity index (χ3n) is 4.07. The van der Waals surface area contributed by atoms with Crippen LogP contribution in [0.4, 0.5) is 0 Å². The number of rotatable bonds is 10. The number of carbonyl (C=O) groups excluding carboxylic acids is 1. The molecule has 0 aliphatic carbocycles. The summed E-state index contributed by atoms with van der Waals surface area (Å²) in [4.78, 5) is 11.5. The summed E-state index contributed by atoms with van der Waals surface area (Å²) in [6, 6.07) is 15.2. The first-order valence-electron chi connectivity index (χ1n) is 8.74. The molecule has 3 heteroatoms. The van der Waals surface area contributed by atoms with Crippen molar-refractivity contribution in [3.05, 3.63) is 54.1 Å². The van der Waals surface area contributed by atoms with E-state index in [1.165, 1.54) is 32.1 Å². The Morgan fingerprint density at radius 1 is 0.917 bits per heavy atom. The molecule has 0 aliphatic rings. The standard InChI is InChI=1S/C21H25ClO2/c1-2-3-4-5-6-9-16-24-18-14-12-17(13-15-18)19-10-7-8-11-20(19)21(22)23/h7-8,10-15H,2-6,9,16H2,1H3. The monoisotopic (exact) mass is 344 g/mol. The Morgan fingerprint density at radius 3 is 2.29 bits per heavy atom. The van der Waals surface area contributed by atoms with E-state index >= 15 is 0 Å². The van der Waals surface area contributed by atoms with Crippen LogP contribution in [0, 0.1) is 0 Å². The molecule has 2 nitrogen and oxygen atoms in total. The van der Waals surface area contributed by atoms with Gasteiger partial charge in [0.25, 0.3) is 5.24 Å². The average molecular weight is 345 g/mol. The number of hydrogen-bond acceptors (Lipinski definition) is 2. The van der Waals surface area contributed by atoms with E-state index < -0.39 is 5.24 Å². The smallest absolute Gasteiger partial charge is 0.253 e. The van der Waals surface area contributed by atoms with Crippen LogP contribution >= 0.6 is 11.6 Å². The minimum atomic E-state index is -0.436. The highest BCUT2D eigenvalue weighted by Gasteiger charge is 2.09. The first kappa shape index (κ1) is 18.5. The van der Waals surface area contributed by atoms with Crippen LogP contribution < -0.4 is 4.74 Å². The van der Waals surface area contributed by atoms with Gasteiger partial charge in [0.2, 0.25) is 0 Å². The van der Waals surface area contributed by atoms with Crippen LogP contribution in [0.1, 0.15) is 55.8 Å². The molecule has 0 unspecified atom stereocenters. The predicted octanol–water partition coefficient (Wildman–Crippen LogP) is 6.47. The van der Waals surface area contributed by atoms with E-state index in [1.807, 2.05) is 42.5 Å². The summed E-state index contributed by atoms with van der Waals surface area (Å²) in [7, 11) is 0. The predicted molar refractivity (Wildman–Crippen MR) is 101 cm³/mol. The Balaban J connectivity index is 1.86. The zero-order valence-electron chi connectivity index (χ0n) is 14.3. The van der Waals surface area contributed by atoms with Gasteiger partial charge < -0.3 is 4.74 Å². The van der Waals surface area contributed by atoms with Crippen LogP contribution in [0.2, 0.25) is 0 Å². The number of hydrogen-bond donors (Lipinski definition) is 0. The van der Waals surface area contributed by atoms with Gasteiger partial charge in [0, 0.05) is 5.56 Å². The van der Waals surface area contributed by atoms with E-state index in [9.17, 15) is 4.79 Å². The van der Waals surface area contributed by atoms with Crippen molar-refractivity contribution in [3.63, 3.8) is 0 Å². The van der Waals surface area contributed by atoms with Gasteiger partial charge >= 0.3 is 0 Å². The SMILES string of the molecule is CCCCCCCCOc1ccc(-c2ccccc2C(=O)Cl)cc1. The minimum absolute atomic E-state index is 0.436. The summed E-state index contributed by atoms with van der Waals surface area (Å²) in [6.45, 7) is 2.98. The third-order valence-corrected chi connectivity index (χ3v) is 4.27. The van der Waals surface area contributed by atoms with Crippen LogP contribution in [0.15, 0.2) is 48.5 Å². The molecule has 128 valence electrons. The lowest BCUT2D eigenvalue weighted by atomic mass is 10.0. The van der Waals surface area contributed by atoms with Gasteiger partial charge in [0.15, 0.2) is 0 Å². The topological polar surface area (TPSA) is 26.3 Å². The normalized spacial score (nSPS) is 10.6. The Labute approximate surface area is 149 Å². The first-order valence-corrected chi connectivity index (χ1v) is 9.12. The Kier molecular flexibility index (Phi) is 7.84. The van der Waals surface area contributed by atoms with Crippen LogP contribution in [0.25, 0.3) is 11.1 Å². The number of unbranched alkanes of at least 4 members (excludes halogenated alkanes) is 5. The van der Waals surface area contributed by atoms with E-state index in [1.54, 1.807) is 6.07 Å². The number of ether oxygens (including phenoxy) is 1. The lowest BCUT2D eigenvalue weighted by Gasteiger charge is -2.09. The van der Waals surface area contributed by atoms with E-state index in [2.05, 4.69) is 6.92 Å². The lowest BCUT2D eigenvalue weighted by Crippen LogP contribution is -1.97. The van der Waals surface area contributed by atoms with Gasteiger partial charge in [-0.3, -0.25) is 4.79 Å². The first-order chi connectivity index (χ1) is 11.7. The van der Waals surface area contributed by atoms with Crippen molar-refractivity contribution in [1.82, 2.24) is 0 Å². The summed E-state index contributed by atoms with van der Waals surface area (Å²) < 4.78 is 5.79. The molecule has 2 rings (SSSR count). The molecule has 2 aromatic rings. The van der Waals surface area contributed by atoms with Crippen LogP contribution in [-0.2, 0) is 0 Å².